The van der Waals surface area contributed by atoms with Crippen LogP contribution in [0, 0.1) is 0 Å². The molecular weight excluding hydrogens is 384 g/mol. The van der Waals surface area contributed by atoms with E-state index in [4.69, 9.17) is 9.47 Å². The van der Waals surface area contributed by atoms with E-state index in [0.29, 0.717) is 32.6 Å². The van der Waals surface area contributed by atoms with E-state index < -0.39 is 5.60 Å². The summed E-state index contributed by atoms with van der Waals surface area (Å²) in [5.74, 6) is 0. The molecule has 8 heteroatoms. The number of carbonyl (C=O) groups excluding carboxylic acids is 2. The Bertz CT molecular complexity index is 913. The van der Waals surface area contributed by atoms with Crippen LogP contribution in [0.15, 0.2) is 36.5 Å². The molecule has 0 atom stereocenters. The van der Waals surface area contributed by atoms with Gasteiger partial charge in [0.15, 0.2) is 0 Å². The summed E-state index contributed by atoms with van der Waals surface area (Å²) in [6.07, 6.45) is 2.10. The number of nitrogens with zero attached hydrogens (tertiary/aromatic N) is 4. The van der Waals surface area contributed by atoms with Gasteiger partial charge in [0.2, 0.25) is 0 Å². The third-order valence-corrected chi connectivity index (χ3v) is 5.23. The first-order chi connectivity index (χ1) is 14.3. The average molecular weight is 412 g/mol. The fourth-order valence-corrected chi connectivity index (χ4v) is 3.59. The molecule has 0 N–H and O–H groups in total. The van der Waals surface area contributed by atoms with Gasteiger partial charge in [-0.15, -0.1) is 0 Å². The summed E-state index contributed by atoms with van der Waals surface area (Å²) in [5, 5.41) is 4.69. The summed E-state index contributed by atoms with van der Waals surface area (Å²) in [4.78, 5) is 27.9. The highest BCUT2D eigenvalue weighted by molar-refractivity contribution is 5.69. The molecule has 0 spiro atoms. The van der Waals surface area contributed by atoms with E-state index in [1.54, 1.807) is 9.80 Å². The molecule has 0 aliphatic carbocycles. The van der Waals surface area contributed by atoms with Gasteiger partial charge in [0.25, 0.3) is 0 Å². The maximum atomic E-state index is 12.3. The van der Waals surface area contributed by atoms with Crippen LogP contribution in [0.2, 0.25) is 0 Å². The zero-order chi connectivity index (χ0) is 21.3. The Morgan fingerprint density at radius 1 is 1.10 bits per heavy atom. The van der Waals surface area contributed by atoms with Crippen molar-refractivity contribution in [2.24, 2.45) is 0 Å². The highest BCUT2D eigenvalue weighted by atomic mass is 16.6. The molecule has 2 aromatic rings. The molecule has 2 aliphatic heterocycles. The second kappa shape index (κ2) is 8.01. The first-order valence-electron chi connectivity index (χ1n) is 10.3. The van der Waals surface area contributed by atoms with Crippen LogP contribution in [0.1, 0.15) is 43.6 Å². The SMILES string of the molecule is CC(C)(C)OC(=O)N1CCc2nn(C3CN(C(=O)OCc4ccccc4)C3)cc2C1. The minimum absolute atomic E-state index is 0.134. The second-order valence-electron chi connectivity index (χ2n) is 8.83. The summed E-state index contributed by atoms with van der Waals surface area (Å²) in [6.45, 7) is 8.12. The molecule has 3 heterocycles. The molecular formula is C22H28N4O4. The number of carbonyl (C=O) groups is 2. The van der Waals surface area contributed by atoms with Crippen LogP contribution in [0.4, 0.5) is 9.59 Å². The fourth-order valence-electron chi connectivity index (χ4n) is 3.59. The predicted molar refractivity (Wildman–Crippen MR) is 110 cm³/mol. The lowest BCUT2D eigenvalue weighted by Crippen LogP contribution is -2.51. The van der Waals surface area contributed by atoms with Gasteiger partial charge in [0.05, 0.1) is 18.3 Å². The quantitative estimate of drug-likeness (QED) is 0.773. The lowest BCUT2D eigenvalue weighted by molar-refractivity contribution is 0.0223. The Morgan fingerprint density at radius 2 is 1.83 bits per heavy atom. The normalized spacial score (nSPS) is 16.6. The minimum Gasteiger partial charge on any atom is -0.445 e. The lowest BCUT2D eigenvalue weighted by atomic mass is 10.1. The number of fused-ring (bicyclic) bond motifs is 1. The summed E-state index contributed by atoms with van der Waals surface area (Å²) in [6, 6.07) is 9.78. The van der Waals surface area contributed by atoms with Crippen molar-refractivity contribution in [1.82, 2.24) is 19.6 Å². The molecule has 0 unspecified atom stereocenters. The summed E-state index contributed by atoms with van der Waals surface area (Å²) < 4.78 is 12.8. The Kier molecular flexibility index (Phi) is 5.40. The molecule has 8 nitrogen and oxygen atoms in total. The van der Waals surface area contributed by atoms with E-state index in [1.165, 1.54) is 0 Å². The van der Waals surface area contributed by atoms with Crippen molar-refractivity contribution in [3.8, 4) is 0 Å². The molecule has 1 aromatic carbocycles. The maximum Gasteiger partial charge on any atom is 0.410 e. The molecule has 1 saturated heterocycles. The molecule has 4 rings (SSSR count). The molecule has 30 heavy (non-hydrogen) atoms. The number of hydrogen-bond acceptors (Lipinski definition) is 5. The number of amides is 2. The van der Waals surface area contributed by atoms with Crippen LogP contribution in [0.25, 0.3) is 0 Å². The van der Waals surface area contributed by atoms with Crippen molar-refractivity contribution in [3.63, 3.8) is 0 Å². The van der Waals surface area contributed by atoms with Gasteiger partial charge in [0, 0.05) is 37.8 Å². The largest absolute Gasteiger partial charge is 0.445 e. The molecule has 2 amide bonds. The Hall–Kier alpha value is -3.03. The van der Waals surface area contributed by atoms with Crippen LogP contribution >= 0.6 is 0 Å². The van der Waals surface area contributed by atoms with E-state index in [-0.39, 0.29) is 24.8 Å². The first-order valence-corrected chi connectivity index (χ1v) is 10.3. The lowest BCUT2D eigenvalue weighted by Gasteiger charge is -2.38. The van der Waals surface area contributed by atoms with Crippen molar-refractivity contribution in [3.05, 3.63) is 53.3 Å². The number of benzene rings is 1. The smallest absolute Gasteiger partial charge is 0.410 e. The van der Waals surface area contributed by atoms with Crippen LogP contribution in [0.3, 0.4) is 0 Å². The minimum atomic E-state index is -0.508. The highest BCUT2D eigenvalue weighted by Gasteiger charge is 2.35. The van der Waals surface area contributed by atoms with Gasteiger partial charge < -0.3 is 19.3 Å². The van der Waals surface area contributed by atoms with E-state index in [9.17, 15) is 9.59 Å². The van der Waals surface area contributed by atoms with Gasteiger partial charge in [-0.1, -0.05) is 30.3 Å². The number of aromatic nitrogens is 2. The highest BCUT2D eigenvalue weighted by Crippen LogP contribution is 2.26. The van der Waals surface area contributed by atoms with Gasteiger partial charge in [0.1, 0.15) is 12.2 Å². The van der Waals surface area contributed by atoms with Crippen molar-refractivity contribution in [2.75, 3.05) is 19.6 Å². The second-order valence-corrected chi connectivity index (χ2v) is 8.83. The summed E-state index contributed by atoms with van der Waals surface area (Å²) in [5.41, 5.74) is 2.51. The number of hydrogen-bond donors (Lipinski definition) is 0. The van der Waals surface area contributed by atoms with Gasteiger partial charge in [-0.2, -0.15) is 5.10 Å². The standard InChI is InChI=1S/C22H28N4O4/c1-22(2,3)30-21(28)24-10-9-19-17(11-24)12-26(23-19)18-13-25(14-18)20(27)29-15-16-7-5-4-6-8-16/h4-8,12,18H,9-11,13-15H2,1-3H3. The van der Waals surface area contributed by atoms with E-state index in [1.807, 2.05) is 62.0 Å². The molecule has 0 bridgehead atoms. The topological polar surface area (TPSA) is 76.9 Å². The summed E-state index contributed by atoms with van der Waals surface area (Å²) in [7, 11) is 0. The molecule has 2 aliphatic rings. The molecule has 0 radical (unpaired) electrons. The maximum absolute atomic E-state index is 12.3. The fraction of sp³-hybridized carbons (Fsp3) is 0.500. The molecule has 160 valence electrons. The van der Waals surface area contributed by atoms with E-state index in [0.717, 1.165) is 16.8 Å². The van der Waals surface area contributed by atoms with Crippen LogP contribution in [0.5, 0.6) is 0 Å². The van der Waals surface area contributed by atoms with Gasteiger partial charge in [-0.25, -0.2) is 9.59 Å². The number of likely N-dealkylation sites (tertiary alicyclic amines) is 1. The first kappa shape index (κ1) is 20.3. The van der Waals surface area contributed by atoms with E-state index >= 15 is 0 Å². The van der Waals surface area contributed by atoms with Crippen molar-refractivity contribution in [2.45, 2.75) is 52.0 Å². The van der Waals surface area contributed by atoms with Crippen molar-refractivity contribution >= 4 is 12.2 Å². The zero-order valence-corrected chi connectivity index (χ0v) is 17.7. The van der Waals surface area contributed by atoms with Gasteiger partial charge >= 0.3 is 12.2 Å². The third kappa shape index (κ3) is 4.58. The van der Waals surface area contributed by atoms with Crippen LogP contribution < -0.4 is 0 Å². The Labute approximate surface area is 176 Å². The van der Waals surface area contributed by atoms with Crippen LogP contribution in [-0.4, -0.2) is 57.0 Å². The van der Waals surface area contributed by atoms with Crippen molar-refractivity contribution < 1.29 is 19.1 Å². The number of rotatable bonds is 3. The number of ether oxygens (including phenoxy) is 2. The zero-order valence-electron chi connectivity index (χ0n) is 17.7. The van der Waals surface area contributed by atoms with Gasteiger partial charge in [-0.3, -0.25) is 4.68 Å². The molecule has 1 fully saturated rings. The van der Waals surface area contributed by atoms with Crippen LogP contribution in [-0.2, 0) is 29.0 Å². The predicted octanol–water partition coefficient (Wildman–Crippen LogP) is 3.37. The van der Waals surface area contributed by atoms with Crippen molar-refractivity contribution in [1.29, 1.82) is 0 Å². The monoisotopic (exact) mass is 412 g/mol. The Balaban J connectivity index is 1.28. The Morgan fingerprint density at radius 3 is 2.53 bits per heavy atom. The summed E-state index contributed by atoms with van der Waals surface area (Å²) >= 11 is 0. The molecule has 0 saturated carbocycles. The molecule has 1 aromatic heterocycles. The van der Waals surface area contributed by atoms with E-state index in [2.05, 4.69) is 5.10 Å². The third-order valence-electron chi connectivity index (χ3n) is 5.23. The average Bonchev–Trinajstić information content (AvgIpc) is 3.07. The van der Waals surface area contributed by atoms with Gasteiger partial charge in [-0.05, 0) is 26.3 Å².